The molecule has 3 N–H and O–H groups in total. The highest BCUT2D eigenvalue weighted by Gasteiger charge is 2.31. The van der Waals surface area contributed by atoms with Crippen LogP contribution in [0.25, 0.3) is 0 Å². The molecule has 2 amide bonds. The van der Waals surface area contributed by atoms with Gasteiger partial charge in [-0.15, -0.1) is 0 Å². The van der Waals surface area contributed by atoms with Crippen LogP contribution in [0.4, 0.5) is 4.79 Å². The summed E-state index contributed by atoms with van der Waals surface area (Å²) >= 11 is 0. The van der Waals surface area contributed by atoms with E-state index in [0.717, 1.165) is 45.1 Å². The maximum absolute atomic E-state index is 12.0. The minimum atomic E-state index is -0.807. The lowest BCUT2D eigenvalue weighted by Crippen LogP contribution is -2.51. The number of carbonyl (C=O) groups is 2. The zero-order valence-corrected chi connectivity index (χ0v) is 11.8. The van der Waals surface area contributed by atoms with Crippen molar-refractivity contribution in [1.82, 2.24) is 10.6 Å². The standard InChI is InChI=1S/C14H24N2O4/c17-13(18)11-6-2-1-3-7-12(11)16-14(19)15-10-5-4-8-20-9-10/h10-12H,1-9H2,(H,17,18)(H2,15,16,19). The summed E-state index contributed by atoms with van der Waals surface area (Å²) < 4.78 is 5.32. The van der Waals surface area contributed by atoms with Crippen molar-refractivity contribution in [1.29, 1.82) is 0 Å². The molecular formula is C14H24N2O4. The largest absolute Gasteiger partial charge is 0.481 e. The summed E-state index contributed by atoms with van der Waals surface area (Å²) in [6, 6.07) is -0.490. The van der Waals surface area contributed by atoms with Crippen LogP contribution in [0.5, 0.6) is 0 Å². The van der Waals surface area contributed by atoms with Gasteiger partial charge < -0.3 is 20.5 Å². The molecule has 1 heterocycles. The average Bonchev–Trinajstić information content (AvgIpc) is 2.65. The van der Waals surface area contributed by atoms with Crippen LogP contribution in [0, 0.1) is 5.92 Å². The Morgan fingerprint density at radius 2 is 1.80 bits per heavy atom. The Labute approximate surface area is 119 Å². The molecule has 0 aromatic rings. The Kier molecular flexibility index (Phi) is 5.64. The van der Waals surface area contributed by atoms with Crippen molar-refractivity contribution in [3.05, 3.63) is 0 Å². The molecule has 2 fully saturated rings. The quantitative estimate of drug-likeness (QED) is 0.685. The summed E-state index contributed by atoms with van der Waals surface area (Å²) in [6.07, 6.45) is 6.19. The van der Waals surface area contributed by atoms with Gasteiger partial charge in [0, 0.05) is 12.6 Å². The molecule has 2 aliphatic rings. The van der Waals surface area contributed by atoms with Gasteiger partial charge in [-0.25, -0.2) is 4.79 Å². The third-order valence-corrected chi connectivity index (χ3v) is 4.15. The van der Waals surface area contributed by atoms with Crippen LogP contribution in [-0.4, -0.2) is 42.4 Å². The maximum atomic E-state index is 12.0. The first-order valence-corrected chi connectivity index (χ1v) is 7.54. The highest BCUT2D eigenvalue weighted by atomic mass is 16.5. The van der Waals surface area contributed by atoms with Crippen LogP contribution < -0.4 is 10.6 Å². The van der Waals surface area contributed by atoms with Gasteiger partial charge in [-0.05, 0) is 25.7 Å². The Morgan fingerprint density at radius 1 is 1.00 bits per heavy atom. The van der Waals surface area contributed by atoms with E-state index in [1.165, 1.54) is 0 Å². The first kappa shape index (κ1) is 15.1. The van der Waals surface area contributed by atoms with E-state index in [1.807, 2.05) is 0 Å². The van der Waals surface area contributed by atoms with Crippen LogP contribution in [0.1, 0.15) is 44.9 Å². The van der Waals surface area contributed by atoms with Crippen molar-refractivity contribution in [2.45, 2.75) is 57.0 Å². The molecule has 0 bridgehead atoms. The van der Waals surface area contributed by atoms with E-state index in [9.17, 15) is 14.7 Å². The Morgan fingerprint density at radius 3 is 2.50 bits per heavy atom. The van der Waals surface area contributed by atoms with Gasteiger partial charge >= 0.3 is 12.0 Å². The third-order valence-electron chi connectivity index (χ3n) is 4.15. The fourth-order valence-corrected chi connectivity index (χ4v) is 3.03. The van der Waals surface area contributed by atoms with E-state index in [-0.39, 0.29) is 18.1 Å². The van der Waals surface area contributed by atoms with Crippen LogP contribution in [0.15, 0.2) is 0 Å². The summed E-state index contributed by atoms with van der Waals surface area (Å²) in [7, 11) is 0. The molecule has 3 unspecified atom stereocenters. The highest BCUT2D eigenvalue weighted by molar-refractivity contribution is 5.77. The van der Waals surface area contributed by atoms with Crippen LogP contribution in [-0.2, 0) is 9.53 Å². The fourth-order valence-electron chi connectivity index (χ4n) is 3.03. The molecule has 3 atom stereocenters. The summed E-state index contributed by atoms with van der Waals surface area (Å²) in [4.78, 5) is 23.3. The van der Waals surface area contributed by atoms with Crippen molar-refractivity contribution < 1.29 is 19.4 Å². The number of amides is 2. The van der Waals surface area contributed by atoms with Gasteiger partial charge in [-0.3, -0.25) is 4.79 Å². The number of nitrogens with one attached hydrogen (secondary N) is 2. The zero-order chi connectivity index (χ0) is 14.4. The average molecular weight is 284 g/mol. The first-order chi connectivity index (χ1) is 9.66. The van der Waals surface area contributed by atoms with Gasteiger partial charge in [0.15, 0.2) is 0 Å². The van der Waals surface area contributed by atoms with E-state index in [0.29, 0.717) is 13.0 Å². The number of rotatable bonds is 3. The third kappa shape index (κ3) is 4.37. The molecule has 1 aliphatic carbocycles. The number of carboxylic acid groups (broad SMARTS) is 1. The van der Waals surface area contributed by atoms with Crippen molar-refractivity contribution in [2.24, 2.45) is 5.92 Å². The van der Waals surface area contributed by atoms with E-state index < -0.39 is 11.9 Å². The lowest BCUT2D eigenvalue weighted by molar-refractivity contribution is -0.142. The van der Waals surface area contributed by atoms with Crippen LogP contribution >= 0.6 is 0 Å². The molecule has 6 nitrogen and oxygen atoms in total. The zero-order valence-electron chi connectivity index (χ0n) is 11.8. The summed E-state index contributed by atoms with van der Waals surface area (Å²) in [5.41, 5.74) is 0. The lowest BCUT2D eigenvalue weighted by Gasteiger charge is -2.27. The topological polar surface area (TPSA) is 87.7 Å². The number of ether oxygens (including phenoxy) is 1. The second-order valence-corrected chi connectivity index (χ2v) is 5.72. The van der Waals surface area contributed by atoms with Crippen LogP contribution in [0.2, 0.25) is 0 Å². The fraction of sp³-hybridized carbons (Fsp3) is 0.857. The molecule has 1 saturated carbocycles. The molecule has 0 aromatic heterocycles. The normalized spacial score (nSPS) is 31.1. The molecule has 1 saturated heterocycles. The number of urea groups is 1. The van der Waals surface area contributed by atoms with E-state index in [1.54, 1.807) is 0 Å². The minimum Gasteiger partial charge on any atom is -0.481 e. The number of carbonyl (C=O) groups excluding carboxylic acids is 1. The lowest BCUT2D eigenvalue weighted by atomic mass is 9.95. The summed E-state index contributed by atoms with van der Waals surface area (Å²) in [5.74, 6) is -1.27. The molecule has 0 aromatic carbocycles. The number of carboxylic acids is 1. The molecule has 6 heteroatoms. The highest BCUT2D eigenvalue weighted by Crippen LogP contribution is 2.23. The van der Waals surface area contributed by atoms with Crippen molar-refractivity contribution >= 4 is 12.0 Å². The monoisotopic (exact) mass is 284 g/mol. The second-order valence-electron chi connectivity index (χ2n) is 5.72. The molecular weight excluding hydrogens is 260 g/mol. The first-order valence-electron chi connectivity index (χ1n) is 7.54. The Balaban J connectivity index is 1.85. The number of aliphatic carboxylic acids is 1. The van der Waals surface area contributed by atoms with Crippen molar-refractivity contribution in [3.63, 3.8) is 0 Å². The minimum absolute atomic E-state index is 0.0396. The smallest absolute Gasteiger partial charge is 0.315 e. The summed E-state index contributed by atoms with van der Waals surface area (Å²) in [6.45, 7) is 1.30. The van der Waals surface area contributed by atoms with E-state index in [4.69, 9.17) is 4.74 Å². The molecule has 1 aliphatic heterocycles. The molecule has 2 rings (SSSR count). The Bertz CT molecular complexity index is 342. The molecule has 0 spiro atoms. The predicted octanol–water partition coefficient (Wildman–Crippen LogP) is 1.50. The van der Waals surface area contributed by atoms with Gasteiger partial charge in [0.05, 0.1) is 18.6 Å². The number of hydrogen-bond acceptors (Lipinski definition) is 3. The predicted molar refractivity (Wildman–Crippen MR) is 73.5 cm³/mol. The van der Waals surface area contributed by atoms with Gasteiger partial charge in [-0.2, -0.15) is 0 Å². The van der Waals surface area contributed by atoms with Gasteiger partial charge in [-0.1, -0.05) is 19.3 Å². The number of hydrogen-bond donors (Lipinski definition) is 3. The van der Waals surface area contributed by atoms with Crippen molar-refractivity contribution in [2.75, 3.05) is 13.2 Å². The Hall–Kier alpha value is -1.30. The maximum Gasteiger partial charge on any atom is 0.315 e. The van der Waals surface area contributed by atoms with Crippen molar-refractivity contribution in [3.8, 4) is 0 Å². The molecule has 20 heavy (non-hydrogen) atoms. The summed E-state index contributed by atoms with van der Waals surface area (Å²) in [5, 5.41) is 15.0. The van der Waals surface area contributed by atoms with E-state index >= 15 is 0 Å². The van der Waals surface area contributed by atoms with Crippen LogP contribution in [0.3, 0.4) is 0 Å². The van der Waals surface area contributed by atoms with Gasteiger partial charge in [0.1, 0.15) is 0 Å². The molecule has 114 valence electrons. The van der Waals surface area contributed by atoms with E-state index in [2.05, 4.69) is 10.6 Å². The SMILES string of the molecule is O=C(NC1CCCOC1)NC1CCCCCC1C(=O)O. The molecule has 0 radical (unpaired) electrons. The van der Waals surface area contributed by atoms with Gasteiger partial charge in [0.25, 0.3) is 0 Å². The van der Waals surface area contributed by atoms with Gasteiger partial charge in [0.2, 0.25) is 0 Å². The second kappa shape index (κ2) is 7.47.